The number of anilines is 1. The van der Waals surface area contributed by atoms with Crippen LogP contribution >= 0.6 is 11.6 Å². The Kier molecular flexibility index (Phi) is 5.02. The number of nitrogens with zero attached hydrogens (tertiary/aromatic N) is 2. The quantitative estimate of drug-likeness (QED) is 0.453. The molecule has 33 heavy (non-hydrogen) atoms. The Morgan fingerprint density at radius 1 is 0.939 bits per heavy atom. The van der Waals surface area contributed by atoms with E-state index in [-0.39, 0.29) is 12.2 Å². The van der Waals surface area contributed by atoms with Crippen LogP contribution in [0.3, 0.4) is 0 Å². The Hall–Kier alpha value is -3.90. The Labute approximate surface area is 195 Å². The van der Waals surface area contributed by atoms with E-state index < -0.39 is 23.3 Å². The van der Waals surface area contributed by atoms with Gasteiger partial charge in [-0.25, -0.2) is 0 Å². The van der Waals surface area contributed by atoms with Gasteiger partial charge in [0.15, 0.2) is 0 Å². The van der Waals surface area contributed by atoms with E-state index in [4.69, 9.17) is 11.6 Å². The zero-order valence-electron chi connectivity index (χ0n) is 17.8. The van der Waals surface area contributed by atoms with Crippen LogP contribution in [0.5, 0.6) is 0 Å². The molecule has 0 radical (unpaired) electrons. The highest BCUT2D eigenvalue weighted by molar-refractivity contribution is 6.32. The first-order chi connectivity index (χ1) is 15.9. The largest absolute Gasteiger partial charge is 0.350 e. The molecule has 1 aromatic heterocycles. The number of carbonyl (C=O) groups excluding carboxylic acids is 3. The predicted octanol–water partition coefficient (Wildman–Crippen LogP) is 4.67. The van der Waals surface area contributed by atoms with Crippen molar-refractivity contribution in [3.63, 3.8) is 0 Å². The van der Waals surface area contributed by atoms with Gasteiger partial charge in [-0.3, -0.25) is 23.9 Å². The van der Waals surface area contributed by atoms with Gasteiger partial charge in [0.1, 0.15) is 5.69 Å². The van der Waals surface area contributed by atoms with Crippen LogP contribution in [0.25, 0.3) is 10.9 Å². The van der Waals surface area contributed by atoms with Gasteiger partial charge in [0.25, 0.3) is 17.7 Å². The van der Waals surface area contributed by atoms with Gasteiger partial charge < -0.3 is 5.32 Å². The molecule has 0 bridgehead atoms. The fourth-order valence-electron chi connectivity index (χ4n) is 4.29. The summed E-state index contributed by atoms with van der Waals surface area (Å²) in [7, 11) is 0. The van der Waals surface area contributed by atoms with Gasteiger partial charge in [0.2, 0.25) is 5.54 Å². The molecule has 0 fully saturated rings. The lowest BCUT2D eigenvalue weighted by atomic mass is 9.92. The van der Waals surface area contributed by atoms with Crippen LogP contribution in [0, 0.1) is 0 Å². The number of halogens is 1. The topological polar surface area (TPSA) is 71.4 Å². The van der Waals surface area contributed by atoms with Gasteiger partial charge in [-0.1, -0.05) is 60.1 Å². The van der Waals surface area contributed by atoms with Crippen molar-refractivity contribution in [2.75, 3.05) is 4.90 Å². The third-order valence-electron chi connectivity index (χ3n) is 6.00. The average Bonchev–Trinajstić information content (AvgIpc) is 3.21. The number of amides is 2. The summed E-state index contributed by atoms with van der Waals surface area (Å²) in [6.07, 6.45) is 0. The molecule has 2 heterocycles. The summed E-state index contributed by atoms with van der Waals surface area (Å²) in [4.78, 5) is 42.6. The fourth-order valence-corrected chi connectivity index (χ4v) is 4.48. The van der Waals surface area contributed by atoms with Crippen molar-refractivity contribution in [2.45, 2.75) is 19.0 Å². The second-order valence-corrected chi connectivity index (χ2v) is 8.53. The number of hydrogen-bond acceptors (Lipinski definition) is 3. The van der Waals surface area contributed by atoms with Crippen LogP contribution in [0.4, 0.5) is 5.69 Å². The molecular weight excluding hydrogens is 438 g/mol. The molecule has 1 aliphatic heterocycles. The Bertz CT molecular complexity index is 1400. The fraction of sp³-hybridized carbons (Fsp3) is 0.115. The molecule has 1 aliphatic rings. The van der Waals surface area contributed by atoms with Crippen LogP contribution in [-0.4, -0.2) is 27.8 Å². The molecule has 5 rings (SSSR count). The first-order valence-electron chi connectivity index (χ1n) is 10.5. The summed E-state index contributed by atoms with van der Waals surface area (Å²) in [5.74, 6) is -1.51. The monoisotopic (exact) mass is 457 g/mol. The van der Waals surface area contributed by atoms with Crippen molar-refractivity contribution in [1.29, 1.82) is 0 Å². The summed E-state index contributed by atoms with van der Waals surface area (Å²) < 4.78 is 1.33. The molecule has 7 heteroatoms. The van der Waals surface area contributed by atoms with Crippen LogP contribution in [0.15, 0.2) is 84.9 Å². The van der Waals surface area contributed by atoms with Crippen molar-refractivity contribution in [3.8, 4) is 0 Å². The van der Waals surface area contributed by atoms with Crippen molar-refractivity contribution >= 4 is 45.9 Å². The molecule has 0 spiro atoms. The molecule has 0 aliphatic carbocycles. The minimum atomic E-state index is -1.80. The number of fused-ring (bicyclic) bond motifs is 3. The van der Waals surface area contributed by atoms with Gasteiger partial charge >= 0.3 is 0 Å². The van der Waals surface area contributed by atoms with Gasteiger partial charge in [-0.2, -0.15) is 0 Å². The van der Waals surface area contributed by atoms with Gasteiger partial charge in [0, 0.05) is 22.6 Å². The maximum Gasteiger partial charge on any atom is 0.276 e. The molecule has 164 valence electrons. The molecule has 4 aromatic rings. The number of benzene rings is 3. The van der Waals surface area contributed by atoms with Crippen molar-refractivity contribution in [2.24, 2.45) is 0 Å². The molecule has 0 saturated carbocycles. The zero-order valence-corrected chi connectivity index (χ0v) is 18.5. The molecule has 1 N–H and O–H groups in total. The highest BCUT2D eigenvalue weighted by Crippen LogP contribution is 2.36. The summed E-state index contributed by atoms with van der Waals surface area (Å²) in [5, 5.41) is 4.00. The van der Waals surface area contributed by atoms with Gasteiger partial charge in [-0.05, 0) is 48.9 Å². The number of nitrogens with one attached hydrogen (secondary N) is 1. The molecule has 0 saturated heterocycles. The molecule has 2 amide bonds. The van der Waals surface area contributed by atoms with Crippen molar-refractivity contribution < 1.29 is 14.4 Å². The Morgan fingerprint density at radius 3 is 2.30 bits per heavy atom. The minimum absolute atomic E-state index is 0.189. The standard InChI is InChI=1S/C26H20ClN3O3/c1-26(24(32)28-16-17-8-4-2-5-9-17)25(33)29-21-13-12-19(27)14-18(21)15-22(29)23(31)30(26)20-10-6-3-7-11-20/h2-15H,16H2,1H3,(H,28,32). The normalized spacial score (nSPS) is 17.8. The van der Waals surface area contributed by atoms with Crippen LogP contribution in [0.1, 0.15) is 27.8 Å². The van der Waals surface area contributed by atoms with Gasteiger partial charge in [0.05, 0.1) is 5.52 Å². The summed E-state index contributed by atoms with van der Waals surface area (Å²) in [6, 6.07) is 24.8. The highest BCUT2D eigenvalue weighted by Gasteiger charge is 2.55. The highest BCUT2D eigenvalue weighted by atomic mass is 35.5. The lowest BCUT2D eigenvalue weighted by Gasteiger charge is -2.42. The molecule has 1 unspecified atom stereocenters. The SMILES string of the molecule is CC1(C(=O)NCc2ccccc2)C(=O)n2c(cc3cc(Cl)ccc32)C(=O)N1c1ccccc1. The second kappa shape index (κ2) is 7.90. The number of carbonyl (C=O) groups is 3. The maximum atomic E-state index is 14.0. The van der Waals surface area contributed by atoms with E-state index in [1.165, 1.54) is 16.4 Å². The second-order valence-electron chi connectivity index (χ2n) is 8.09. The molecule has 6 nitrogen and oxygen atoms in total. The molecule has 3 aromatic carbocycles. The smallest absolute Gasteiger partial charge is 0.276 e. The van der Waals surface area contributed by atoms with Crippen LogP contribution in [0.2, 0.25) is 5.02 Å². The van der Waals surface area contributed by atoms with Crippen molar-refractivity contribution in [1.82, 2.24) is 9.88 Å². The zero-order chi connectivity index (χ0) is 23.2. The number of hydrogen-bond donors (Lipinski definition) is 1. The molecular formula is C26H20ClN3O3. The maximum absolute atomic E-state index is 14.0. The van der Waals surface area contributed by atoms with E-state index in [2.05, 4.69) is 5.32 Å². The summed E-state index contributed by atoms with van der Waals surface area (Å²) in [6.45, 7) is 1.72. The third-order valence-corrected chi connectivity index (χ3v) is 6.24. The predicted molar refractivity (Wildman–Crippen MR) is 128 cm³/mol. The van der Waals surface area contributed by atoms with E-state index >= 15 is 0 Å². The van der Waals surface area contributed by atoms with E-state index in [9.17, 15) is 14.4 Å². The van der Waals surface area contributed by atoms with E-state index in [1.54, 1.807) is 48.5 Å². The van der Waals surface area contributed by atoms with E-state index in [0.29, 0.717) is 21.6 Å². The van der Waals surface area contributed by atoms with E-state index in [0.717, 1.165) is 5.56 Å². The Morgan fingerprint density at radius 2 is 1.61 bits per heavy atom. The van der Waals surface area contributed by atoms with Gasteiger partial charge in [-0.15, -0.1) is 0 Å². The number of aromatic nitrogens is 1. The average molecular weight is 458 g/mol. The lowest BCUT2D eigenvalue weighted by Crippen LogP contribution is -2.68. The van der Waals surface area contributed by atoms with E-state index in [1.807, 2.05) is 36.4 Å². The number of para-hydroxylation sites is 1. The minimum Gasteiger partial charge on any atom is -0.350 e. The van der Waals surface area contributed by atoms with Crippen LogP contribution in [-0.2, 0) is 11.3 Å². The number of rotatable bonds is 4. The Balaban J connectivity index is 1.65. The third kappa shape index (κ3) is 3.31. The first-order valence-corrected chi connectivity index (χ1v) is 10.9. The summed E-state index contributed by atoms with van der Waals surface area (Å²) >= 11 is 6.13. The van der Waals surface area contributed by atoms with Crippen LogP contribution < -0.4 is 10.2 Å². The first kappa shape index (κ1) is 21.0. The lowest BCUT2D eigenvalue weighted by molar-refractivity contribution is -0.124. The summed E-state index contributed by atoms with van der Waals surface area (Å²) in [5.41, 5.74) is 0.267. The molecule has 1 atom stereocenters. The van der Waals surface area contributed by atoms with Crippen molar-refractivity contribution in [3.05, 3.63) is 101 Å².